The Morgan fingerprint density at radius 2 is 1.97 bits per heavy atom. The van der Waals surface area contributed by atoms with E-state index in [2.05, 4.69) is 13.8 Å². The number of rotatable bonds is 5. The molecule has 29 heavy (non-hydrogen) atoms. The molecule has 0 aromatic carbocycles. The molecule has 0 aromatic rings. The molecule has 4 rings (SSSR count). The number of allylic oxidation sites excluding steroid dienone is 2. The summed E-state index contributed by atoms with van der Waals surface area (Å²) in [7, 11) is 0. The molecule has 0 amide bonds. The van der Waals surface area contributed by atoms with Gasteiger partial charge in [-0.15, -0.1) is 0 Å². The molecule has 0 heterocycles. The lowest BCUT2D eigenvalue weighted by molar-refractivity contribution is -0.143. The van der Waals surface area contributed by atoms with Crippen LogP contribution < -0.4 is 0 Å². The summed E-state index contributed by atoms with van der Waals surface area (Å²) in [6, 6.07) is 0. The molecule has 0 radical (unpaired) electrons. The van der Waals surface area contributed by atoms with Crippen molar-refractivity contribution in [1.82, 2.24) is 0 Å². The van der Waals surface area contributed by atoms with E-state index in [4.69, 9.17) is 4.74 Å². The summed E-state index contributed by atoms with van der Waals surface area (Å²) >= 11 is 0. The molecule has 3 fully saturated rings. The molecule has 4 heteroatoms. The van der Waals surface area contributed by atoms with Crippen molar-refractivity contribution >= 4 is 11.8 Å². The first-order chi connectivity index (χ1) is 13.8. The lowest BCUT2D eigenvalue weighted by Gasteiger charge is -2.59. The zero-order valence-electron chi connectivity index (χ0n) is 18.4. The summed E-state index contributed by atoms with van der Waals surface area (Å²) in [4.78, 5) is 23.4. The number of esters is 1. The van der Waals surface area contributed by atoms with Crippen molar-refractivity contribution < 1.29 is 19.4 Å². The van der Waals surface area contributed by atoms with Gasteiger partial charge in [-0.2, -0.15) is 0 Å². The van der Waals surface area contributed by atoms with Crippen molar-refractivity contribution in [2.75, 3.05) is 6.61 Å². The standard InChI is InChI=1S/C25H38O4/c1-4-23(28)29-13-5-6-16-8-10-20-19-9-7-17-14-18(26)15-22(27)25(17,3)21(19)11-12-24(16,20)2/h15-17,19-21,27H,4-14H2,1-3H3/t16-,17+,19+,20+,21+,24-,25+/m1/s1. The van der Waals surface area contributed by atoms with Crippen LogP contribution in [0.1, 0.15) is 85.0 Å². The number of aliphatic hydroxyl groups is 1. The molecule has 3 saturated carbocycles. The molecule has 0 unspecified atom stereocenters. The fraction of sp³-hybridized carbons (Fsp3) is 0.840. The molecular weight excluding hydrogens is 364 g/mol. The third kappa shape index (κ3) is 3.35. The number of fused-ring (bicyclic) bond motifs is 5. The average Bonchev–Trinajstić information content (AvgIpc) is 3.02. The van der Waals surface area contributed by atoms with Gasteiger partial charge in [0.25, 0.3) is 0 Å². The Morgan fingerprint density at radius 1 is 1.17 bits per heavy atom. The first-order valence-electron chi connectivity index (χ1n) is 11.9. The first kappa shape index (κ1) is 20.9. The minimum absolute atomic E-state index is 0.0927. The van der Waals surface area contributed by atoms with Gasteiger partial charge in [0.2, 0.25) is 0 Å². The van der Waals surface area contributed by atoms with Crippen LogP contribution >= 0.6 is 0 Å². The first-order valence-corrected chi connectivity index (χ1v) is 11.9. The Kier molecular flexibility index (Phi) is 5.59. The molecule has 7 atom stereocenters. The second kappa shape index (κ2) is 7.74. The van der Waals surface area contributed by atoms with E-state index in [9.17, 15) is 14.7 Å². The minimum atomic E-state index is -0.204. The van der Waals surface area contributed by atoms with Gasteiger partial charge in [-0.25, -0.2) is 0 Å². The number of aliphatic hydroxyl groups excluding tert-OH is 1. The molecule has 0 aromatic heterocycles. The molecule has 0 saturated heterocycles. The zero-order chi connectivity index (χ0) is 20.8. The highest BCUT2D eigenvalue weighted by Gasteiger charge is 2.61. The van der Waals surface area contributed by atoms with Crippen molar-refractivity contribution in [2.45, 2.75) is 85.0 Å². The van der Waals surface area contributed by atoms with E-state index < -0.39 is 0 Å². The number of hydrogen-bond acceptors (Lipinski definition) is 4. The highest BCUT2D eigenvalue weighted by molar-refractivity contribution is 5.91. The van der Waals surface area contributed by atoms with E-state index in [-0.39, 0.29) is 17.2 Å². The predicted molar refractivity (Wildman–Crippen MR) is 112 cm³/mol. The number of hydrogen-bond donors (Lipinski definition) is 1. The van der Waals surface area contributed by atoms with Crippen molar-refractivity contribution in [2.24, 2.45) is 40.4 Å². The molecule has 162 valence electrons. The highest BCUT2D eigenvalue weighted by atomic mass is 16.5. The summed E-state index contributed by atoms with van der Waals surface area (Å²) in [6.45, 7) is 7.15. The van der Waals surface area contributed by atoms with E-state index in [1.165, 1.54) is 31.8 Å². The van der Waals surface area contributed by atoms with Crippen LogP contribution in [0.15, 0.2) is 11.8 Å². The quantitative estimate of drug-likeness (QED) is 0.479. The van der Waals surface area contributed by atoms with Crippen molar-refractivity contribution in [3.8, 4) is 0 Å². The summed E-state index contributed by atoms with van der Waals surface area (Å²) in [5, 5.41) is 10.8. The zero-order valence-corrected chi connectivity index (χ0v) is 18.4. The average molecular weight is 403 g/mol. The third-order valence-corrected chi connectivity index (χ3v) is 9.65. The van der Waals surface area contributed by atoms with Gasteiger partial charge in [-0.3, -0.25) is 9.59 Å². The molecule has 4 aliphatic rings. The molecule has 0 spiro atoms. The fourth-order valence-corrected chi connectivity index (χ4v) is 7.95. The topological polar surface area (TPSA) is 63.6 Å². The van der Waals surface area contributed by atoms with Crippen LogP contribution in [0.5, 0.6) is 0 Å². The van der Waals surface area contributed by atoms with Crippen LogP contribution in [0, 0.1) is 40.4 Å². The second-order valence-electron chi connectivity index (χ2n) is 10.7. The maximum Gasteiger partial charge on any atom is 0.305 e. The number of ketones is 1. The van der Waals surface area contributed by atoms with E-state index in [1.807, 2.05) is 6.92 Å². The molecule has 1 N–H and O–H groups in total. The van der Waals surface area contributed by atoms with Crippen LogP contribution in [-0.4, -0.2) is 23.5 Å². The van der Waals surface area contributed by atoms with Gasteiger partial charge >= 0.3 is 5.97 Å². The third-order valence-electron chi connectivity index (χ3n) is 9.65. The van der Waals surface area contributed by atoms with Crippen LogP contribution in [0.3, 0.4) is 0 Å². The van der Waals surface area contributed by atoms with E-state index in [0.29, 0.717) is 48.4 Å². The normalized spacial score (nSPS) is 43.8. The van der Waals surface area contributed by atoms with Crippen LogP contribution in [0.4, 0.5) is 0 Å². The Balaban J connectivity index is 1.46. The lowest BCUT2D eigenvalue weighted by Crippen LogP contribution is -2.54. The minimum Gasteiger partial charge on any atom is -0.512 e. The van der Waals surface area contributed by atoms with Crippen molar-refractivity contribution in [1.29, 1.82) is 0 Å². The smallest absolute Gasteiger partial charge is 0.305 e. The van der Waals surface area contributed by atoms with Gasteiger partial charge < -0.3 is 9.84 Å². The maximum atomic E-state index is 12.0. The predicted octanol–water partition coefficient (Wildman–Crippen LogP) is 5.61. The lowest BCUT2D eigenvalue weighted by atomic mass is 9.45. The summed E-state index contributed by atoms with van der Waals surface area (Å²) in [5.41, 5.74) is 0.174. The summed E-state index contributed by atoms with van der Waals surface area (Å²) < 4.78 is 5.30. The van der Waals surface area contributed by atoms with Crippen LogP contribution in [-0.2, 0) is 14.3 Å². The van der Waals surface area contributed by atoms with E-state index >= 15 is 0 Å². The Morgan fingerprint density at radius 3 is 2.72 bits per heavy atom. The number of carbonyl (C=O) groups excluding carboxylic acids is 2. The van der Waals surface area contributed by atoms with E-state index in [0.717, 1.165) is 37.5 Å². The van der Waals surface area contributed by atoms with Gasteiger partial charge in [0.15, 0.2) is 5.78 Å². The van der Waals surface area contributed by atoms with Crippen LogP contribution in [0.2, 0.25) is 0 Å². The van der Waals surface area contributed by atoms with Gasteiger partial charge in [0.05, 0.1) is 6.61 Å². The Bertz CT molecular complexity index is 697. The van der Waals surface area contributed by atoms with Gasteiger partial charge in [0, 0.05) is 24.3 Å². The maximum absolute atomic E-state index is 12.0. The van der Waals surface area contributed by atoms with Crippen molar-refractivity contribution in [3.63, 3.8) is 0 Å². The molecular formula is C25H38O4. The summed E-state index contributed by atoms with van der Waals surface area (Å²) in [5.74, 6) is 3.32. The van der Waals surface area contributed by atoms with E-state index in [1.54, 1.807) is 0 Å². The van der Waals surface area contributed by atoms with Gasteiger partial charge in [0.1, 0.15) is 5.76 Å². The molecule has 0 aliphatic heterocycles. The Labute approximate surface area is 175 Å². The fourth-order valence-electron chi connectivity index (χ4n) is 7.95. The highest BCUT2D eigenvalue weighted by Crippen LogP contribution is 2.67. The van der Waals surface area contributed by atoms with Gasteiger partial charge in [-0.05, 0) is 86.4 Å². The molecule has 0 bridgehead atoms. The Hall–Kier alpha value is -1.32. The number of carbonyl (C=O) groups is 2. The number of ether oxygens (including phenoxy) is 1. The molecule has 4 aliphatic carbocycles. The monoisotopic (exact) mass is 402 g/mol. The largest absolute Gasteiger partial charge is 0.512 e. The second-order valence-corrected chi connectivity index (χ2v) is 10.7. The van der Waals surface area contributed by atoms with Gasteiger partial charge in [-0.1, -0.05) is 20.8 Å². The van der Waals surface area contributed by atoms with Crippen molar-refractivity contribution in [3.05, 3.63) is 11.8 Å². The molecule has 4 nitrogen and oxygen atoms in total. The van der Waals surface area contributed by atoms with Crippen LogP contribution in [0.25, 0.3) is 0 Å². The SMILES string of the molecule is CCC(=O)OCCC[C@@H]1CC[C@H]2[C@@H]3CC[C@H]4CC(=O)C=C(O)[C@]4(C)[C@H]3CC[C@]12C. The summed E-state index contributed by atoms with van der Waals surface area (Å²) in [6.07, 6.45) is 12.0.